The fourth-order valence-corrected chi connectivity index (χ4v) is 1.67. The molecule has 0 aromatic heterocycles. The number of aliphatic hydroxyl groups excluding tert-OH is 1. The van der Waals surface area contributed by atoms with E-state index in [1.807, 2.05) is 0 Å². The first-order chi connectivity index (χ1) is 7.65. The number of carbonyl (C=O) groups excluding carboxylic acids is 1. The molecule has 1 fully saturated rings. The average Bonchev–Trinajstić information content (AvgIpc) is 2.28. The van der Waals surface area contributed by atoms with Crippen molar-refractivity contribution >= 4 is 11.9 Å². The van der Waals surface area contributed by atoms with Crippen molar-refractivity contribution in [1.29, 1.82) is 0 Å². The Kier molecular flexibility index (Phi) is 5.21. The third-order valence-electron chi connectivity index (χ3n) is 2.54. The van der Waals surface area contributed by atoms with Crippen LogP contribution in [-0.4, -0.2) is 59.4 Å². The van der Waals surface area contributed by atoms with Gasteiger partial charge in [-0.3, -0.25) is 9.59 Å². The molecule has 1 heterocycles. The van der Waals surface area contributed by atoms with Gasteiger partial charge < -0.3 is 19.8 Å². The predicted octanol–water partition coefficient (Wildman–Crippen LogP) is -0.539. The van der Waals surface area contributed by atoms with Crippen LogP contribution in [-0.2, 0) is 14.3 Å². The Balaban J connectivity index is 2.35. The first kappa shape index (κ1) is 12.9. The van der Waals surface area contributed by atoms with Crippen LogP contribution in [0.3, 0.4) is 0 Å². The molecule has 1 amide bonds. The number of hydrogen-bond donors (Lipinski definition) is 2. The highest BCUT2D eigenvalue weighted by Crippen LogP contribution is 2.10. The van der Waals surface area contributed by atoms with Crippen molar-refractivity contribution in [2.24, 2.45) is 0 Å². The summed E-state index contributed by atoms with van der Waals surface area (Å²) in [5.74, 6) is -1.00. The van der Waals surface area contributed by atoms with Crippen molar-refractivity contribution in [1.82, 2.24) is 4.90 Å². The van der Waals surface area contributed by atoms with Gasteiger partial charge in [-0.15, -0.1) is 0 Å². The van der Waals surface area contributed by atoms with Crippen LogP contribution in [0, 0.1) is 0 Å². The Hall–Kier alpha value is -1.14. The molecule has 1 rings (SSSR count). The summed E-state index contributed by atoms with van der Waals surface area (Å²) in [6, 6.07) is -0.286. The van der Waals surface area contributed by atoms with E-state index in [0.29, 0.717) is 26.2 Å². The van der Waals surface area contributed by atoms with Gasteiger partial charge in [0.25, 0.3) is 0 Å². The summed E-state index contributed by atoms with van der Waals surface area (Å²) in [6.45, 7) is 1.17. The van der Waals surface area contributed by atoms with Crippen LogP contribution in [0.25, 0.3) is 0 Å². The highest BCUT2D eigenvalue weighted by atomic mass is 16.5. The molecular formula is C10H17NO5. The summed E-state index contributed by atoms with van der Waals surface area (Å²) in [5.41, 5.74) is 0. The maximum Gasteiger partial charge on any atom is 0.303 e. The molecule has 16 heavy (non-hydrogen) atoms. The maximum atomic E-state index is 11.7. The molecule has 1 aliphatic heterocycles. The zero-order valence-electron chi connectivity index (χ0n) is 9.09. The van der Waals surface area contributed by atoms with Crippen LogP contribution in [0.1, 0.15) is 19.3 Å². The van der Waals surface area contributed by atoms with Crippen LogP contribution < -0.4 is 0 Å². The van der Waals surface area contributed by atoms with E-state index in [2.05, 4.69) is 0 Å². The predicted molar refractivity (Wildman–Crippen MR) is 54.9 cm³/mol. The number of carboxylic acids is 1. The number of carbonyl (C=O) groups is 2. The van der Waals surface area contributed by atoms with Gasteiger partial charge in [-0.25, -0.2) is 0 Å². The molecule has 6 nitrogen and oxygen atoms in total. The molecule has 92 valence electrons. The molecule has 0 spiro atoms. The van der Waals surface area contributed by atoms with Gasteiger partial charge in [0.15, 0.2) is 0 Å². The molecule has 1 saturated heterocycles. The minimum atomic E-state index is -0.895. The fourth-order valence-electron chi connectivity index (χ4n) is 1.67. The normalized spacial score (nSPS) is 20.8. The third-order valence-corrected chi connectivity index (χ3v) is 2.54. The lowest BCUT2D eigenvalue weighted by molar-refractivity contribution is -0.142. The lowest BCUT2D eigenvalue weighted by Crippen LogP contribution is -2.50. The van der Waals surface area contributed by atoms with Gasteiger partial charge >= 0.3 is 5.97 Å². The van der Waals surface area contributed by atoms with Gasteiger partial charge in [-0.05, 0) is 6.42 Å². The average molecular weight is 231 g/mol. The van der Waals surface area contributed by atoms with Crippen LogP contribution in [0.15, 0.2) is 0 Å². The van der Waals surface area contributed by atoms with E-state index >= 15 is 0 Å². The summed E-state index contributed by atoms with van der Waals surface area (Å²) in [5, 5.41) is 17.5. The smallest absolute Gasteiger partial charge is 0.303 e. The van der Waals surface area contributed by atoms with E-state index in [1.54, 1.807) is 4.90 Å². The van der Waals surface area contributed by atoms with Gasteiger partial charge in [0.2, 0.25) is 5.91 Å². The lowest BCUT2D eigenvalue weighted by atomic mass is 10.1. The topological polar surface area (TPSA) is 87.1 Å². The van der Waals surface area contributed by atoms with Crippen molar-refractivity contribution in [3.8, 4) is 0 Å². The monoisotopic (exact) mass is 231 g/mol. The van der Waals surface area contributed by atoms with Crippen molar-refractivity contribution in [2.75, 3.05) is 26.4 Å². The van der Waals surface area contributed by atoms with Gasteiger partial charge in [0.1, 0.15) is 0 Å². The number of carboxylic acid groups (broad SMARTS) is 1. The largest absolute Gasteiger partial charge is 0.481 e. The number of morpholine rings is 1. The molecular weight excluding hydrogens is 214 g/mol. The van der Waals surface area contributed by atoms with Gasteiger partial charge in [-0.1, -0.05) is 0 Å². The second kappa shape index (κ2) is 6.44. The second-order valence-electron chi connectivity index (χ2n) is 3.75. The molecule has 0 bridgehead atoms. The van der Waals surface area contributed by atoms with Gasteiger partial charge in [-0.2, -0.15) is 0 Å². The summed E-state index contributed by atoms with van der Waals surface area (Å²) in [6.07, 6.45) is 0.548. The summed E-state index contributed by atoms with van der Waals surface area (Å²) < 4.78 is 5.15. The first-order valence-electron chi connectivity index (χ1n) is 5.35. The number of hydrogen-bond acceptors (Lipinski definition) is 4. The quantitative estimate of drug-likeness (QED) is 0.663. The molecule has 1 aliphatic rings. The second-order valence-corrected chi connectivity index (χ2v) is 3.75. The molecule has 1 atom stereocenters. The Bertz CT molecular complexity index is 256. The van der Waals surface area contributed by atoms with Crippen LogP contribution >= 0.6 is 0 Å². The summed E-state index contributed by atoms with van der Waals surface area (Å²) >= 11 is 0. The van der Waals surface area contributed by atoms with E-state index in [0.717, 1.165) is 0 Å². The standard InChI is InChI=1S/C10H17NO5/c12-6-8-7-16-5-4-11(8)9(13)2-1-3-10(14)15/h8,12H,1-7H2,(H,14,15). The highest BCUT2D eigenvalue weighted by molar-refractivity contribution is 5.77. The third kappa shape index (κ3) is 3.79. The number of ether oxygens (including phenoxy) is 1. The maximum absolute atomic E-state index is 11.7. The Labute approximate surface area is 93.8 Å². The fraction of sp³-hybridized carbons (Fsp3) is 0.800. The van der Waals surface area contributed by atoms with Crippen LogP contribution in [0.2, 0.25) is 0 Å². The van der Waals surface area contributed by atoms with Crippen molar-refractivity contribution < 1.29 is 24.5 Å². The lowest BCUT2D eigenvalue weighted by Gasteiger charge is -2.34. The van der Waals surface area contributed by atoms with E-state index in [9.17, 15) is 9.59 Å². The minimum Gasteiger partial charge on any atom is -0.481 e. The Morgan fingerprint density at radius 1 is 1.38 bits per heavy atom. The van der Waals surface area contributed by atoms with Gasteiger partial charge in [0.05, 0.1) is 25.9 Å². The number of rotatable bonds is 5. The van der Waals surface area contributed by atoms with Crippen molar-refractivity contribution in [3.63, 3.8) is 0 Å². The van der Waals surface area contributed by atoms with E-state index in [-0.39, 0.29) is 31.4 Å². The number of amides is 1. The first-order valence-corrected chi connectivity index (χ1v) is 5.35. The van der Waals surface area contributed by atoms with Crippen LogP contribution in [0.5, 0.6) is 0 Å². The van der Waals surface area contributed by atoms with E-state index < -0.39 is 5.97 Å². The molecule has 2 N–H and O–H groups in total. The molecule has 6 heteroatoms. The molecule has 0 radical (unpaired) electrons. The summed E-state index contributed by atoms with van der Waals surface area (Å²) in [7, 11) is 0. The number of aliphatic hydroxyl groups is 1. The SMILES string of the molecule is O=C(O)CCCC(=O)N1CCOCC1CO. The van der Waals surface area contributed by atoms with Crippen molar-refractivity contribution in [3.05, 3.63) is 0 Å². The minimum absolute atomic E-state index is 0.000127. The van der Waals surface area contributed by atoms with Crippen molar-refractivity contribution in [2.45, 2.75) is 25.3 Å². The zero-order valence-corrected chi connectivity index (χ0v) is 9.09. The van der Waals surface area contributed by atoms with E-state index in [4.69, 9.17) is 14.9 Å². The van der Waals surface area contributed by atoms with Crippen LogP contribution in [0.4, 0.5) is 0 Å². The Morgan fingerprint density at radius 2 is 2.12 bits per heavy atom. The molecule has 0 saturated carbocycles. The zero-order chi connectivity index (χ0) is 12.0. The van der Waals surface area contributed by atoms with Gasteiger partial charge in [0, 0.05) is 19.4 Å². The molecule has 1 unspecified atom stereocenters. The Morgan fingerprint density at radius 3 is 2.75 bits per heavy atom. The molecule has 0 aromatic rings. The summed E-state index contributed by atoms with van der Waals surface area (Å²) in [4.78, 5) is 23.6. The number of nitrogens with zero attached hydrogens (tertiary/aromatic N) is 1. The molecule has 0 aromatic carbocycles. The highest BCUT2D eigenvalue weighted by Gasteiger charge is 2.26. The molecule has 0 aliphatic carbocycles. The number of aliphatic carboxylic acids is 1. The van der Waals surface area contributed by atoms with E-state index in [1.165, 1.54) is 0 Å².